The van der Waals surface area contributed by atoms with Gasteiger partial charge in [-0.3, -0.25) is 0 Å². The summed E-state index contributed by atoms with van der Waals surface area (Å²) in [5.41, 5.74) is -0.592. The summed E-state index contributed by atoms with van der Waals surface area (Å²) in [6, 6.07) is 0. The lowest BCUT2D eigenvalue weighted by molar-refractivity contribution is -0.119. The Labute approximate surface area is 66.3 Å². The third-order valence-corrected chi connectivity index (χ3v) is 2.96. The van der Waals surface area contributed by atoms with Gasteiger partial charge < -0.3 is 14.6 Å². The molecule has 2 fully saturated rings. The molecule has 0 aliphatic carbocycles. The minimum Gasteiger partial charge on any atom is -0.393 e. The highest BCUT2D eigenvalue weighted by atomic mass is 16.7. The zero-order valence-corrected chi connectivity index (χ0v) is 7.13. The standard InChI is InChI=1S/C8H14O3/c1-5-8(3)6(11-8)7(2,4-9)10-5/h5-6,9H,4H2,1-3H3. The first-order valence-electron chi connectivity index (χ1n) is 3.99. The van der Waals surface area contributed by atoms with Crippen LogP contribution in [-0.2, 0) is 9.47 Å². The van der Waals surface area contributed by atoms with Gasteiger partial charge in [-0.05, 0) is 20.8 Å². The van der Waals surface area contributed by atoms with Crippen molar-refractivity contribution in [3.63, 3.8) is 0 Å². The first kappa shape index (κ1) is 7.53. The molecule has 2 aliphatic rings. The molecular weight excluding hydrogens is 144 g/mol. The Morgan fingerprint density at radius 3 is 2.18 bits per heavy atom. The second-order valence-electron chi connectivity index (χ2n) is 3.91. The molecule has 64 valence electrons. The van der Waals surface area contributed by atoms with Crippen LogP contribution in [0.2, 0.25) is 0 Å². The lowest BCUT2D eigenvalue weighted by Gasteiger charge is -2.24. The van der Waals surface area contributed by atoms with E-state index in [0.717, 1.165) is 0 Å². The molecule has 0 saturated carbocycles. The number of ether oxygens (including phenoxy) is 2. The highest BCUT2D eigenvalue weighted by Gasteiger charge is 2.71. The van der Waals surface area contributed by atoms with Crippen LogP contribution in [0.15, 0.2) is 0 Å². The normalized spacial score (nSPS) is 61.1. The van der Waals surface area contributed by atoms with Gasteiger partial charge in [0.2, 0.25) is 0 Å². The van der Waals surface area contributed by atoms with E-state index in [9.17, 15) is 0 Å². The Bertz CT molecular complexity index is 194. The van der Waals surface area contributed by atoms with Crippen molar-refractivity contribution < 1.29 is 14.6 Å². The molecule has 0 aromatic heterocycles. The molecule has 11 heavy (non-hydrogen) atoms. The van der Waals surface area contributed by atoms with Crippen LogP contribution in [0.25, 0.3) is 0 Å². The van der Waals surface area contributed by atoms with Crippen molar-refractivity contribution in [2.24, 2.45) is 0 Å². The number of hydrogen-bond acceptors (Lipinski definition) is 3. The van der Waals surface area contributed by atoms with Gasteiger partial charge >= 0.3 is 0 Å². The Hall–Kier alpha value is -0.120. The first-order chi connectivity index (χ1) is 5.03. The molecule has 4 unspecified atom stereocenters. The second-order valence-corrected chi connectivity index (χ2v) is 3.91. The Morgan fingerprint density at radius 2 is 2.00 bits per heavy atom. The maximum absolute atomic E-state index is 9.05. The van der Waals surface area contributed by atoms with Crippen molar-refractivity contribution in [1.82, 2.24) is 0 Å². The van der Waals surface area contributed by atoms with E-state index in [1.54, 1.807) is 0 Å². The van der Waals surface area contributed by atoms with Gasteiger partial charge in [0.1, 0.15) is 17.3 Å². The Kier molecular flexibility index (Phi) is 1.22. The van der Waals surface area contributed by atoms with Gasteiger partial charge in [-0.1, -0.05) is 0 Å². The van der Waals surface area contributed by atoms with Gasteiger partial charge in [0.25, 0.3) is 0 Å². The van der Waals surface area contributed by atoms with E-state index in [4.69, 9.17) is 14.6 Å². The lowest BCUT2D eigenvalue weighted by Crippen LogP contribution is -2.36. The van der Waals surface area contributed by atoms with E-state index < -0.39 is 5.60 Å². The van der Waals surface area contributed by atoms with Crippen LogP contribution in [0.3, 0.4) is 0 Å². The maximum atomic E-state index is 9.05. The molecule has 0 aromatic rings. The number of rotatable bonds is 1. The van der Waals surface area contributed by atoms with Crippen LogP contribution < -0.4 is 0 Å². The topological polar surface area (TPSA) is 42.0 Å². The van der Waals surface area contributed by atoms with Crippen molar-refractivity contribution in [2.45, 2.75) is 44.2 Å². The molecule has 2 rings (SSSR count). The fraction of sp³-hybridized carbons (Fsp3) is 1.00. The van der Waals surface area contributed by atoms with Crippen molar-refractivity contribution in [3.05, 3.63) is 0 Å². The quantitative estimate of drug-likeness (QED) is 0.558. The summed E-state index contributed by atoms with van der Waals surface area (Å²) in [4.78, 5) is 0. The Balaban J connectivity index is 2.22. The third kappa shape index (κ3) is 0.736. The molecule has 2 aliphatic heterocycles. The molecular formula is C8H14O3. The Morgan fingerprint density at radius 1 is 1.36 bits per heavy atom. The highest BCUT2D eigenvalue weighted by molar-refractivity contribution is 5.17. The molecule has 0 aromatic carbocycles. The number of aliphatic hydroxyl groups is 1. The minimum absolute atomic E-state index is 0.0393. The molecule has 2 heterocycles. The minimum atomic E-state index is -0.464. The predicted octanol–water partition coefficient (Wildman–Crippen LogP) is 0.314. The van der Waals surface area contributed by atoms with Crippen LogP contribution in [0.1, 0.15) is 20.8 Å². The van der Waals surface area contributed by atoms with Gasteiger partial charge in [0, 0.05) is 0 Å². The van der Waals surface area contributed by atoms with Crippen LogP contribution in [0, 0.1) is 0 Å². The van der Waals surface area contributed by atoms with Gasteiger partial charge in [-0.25, -0.2) is 0 Å². The van der Waals surface area contributed by atoms with E-state index in [1.165, 1.54) is 0 Å². The van der Waals surface area contributed by atoms with Crippen LogP contribution >= 0.6 is 0 Å². The fourth-order valence-corrected chi connectivity index (χ4v) is 1.96. The van der Waals surface area contributed by atoms with Crippen molar-refractivity contribution in [3.8, 4) is 0 Å². The molecule has 0 radical (unpaired) electrons. The van der Waals surface area contributed by atoms with E-state index in [1.807, 2.05) is 20.8 Å². The van der Waals surface area contributed by atoms with Gasteiger partial charge in [-0.2, -0.15) is 0 Å². The number of aliphatic hydroxyl groups excluding tert-OH is 1. The average Bonchev–Trinajstić information content (AvgIpc) is 2.59. The average molecular weight is 158 g/mol. The monoisotopic (exact) mass is 158 g/mol. The molecule has 0 amide bonds. The zero-order chi connectivity index (χ0) is 8.28. The van der Waals surface area contributed by atoms with Crippen molar-refractivity contribution in [2.75, 3.05) is 6.61 Å². The van der Waals surface area contributed by atoms with Crippen LogP contribution in [-0.4, -0.2) is 35.1 Å². The largest absolute Gasteiger partial charge is 0.393 e. The van der Waals surface area contributed by atoms with Gasteiger partial charge in [-0.15, -0.1) is 0 Å². The van der Waals surface area contributed by atoms with Gasteiger partial charge in [0.05, 0.1) is 12.7 Å². The predicted molar refractivity (Wildman–Crippen MR) is 39.3 cm³/mol. The summed E-state index contributed by atoms with van der Waals surface area (Å²) in [5, 5.41) is 9.05. The van der Waals surface area contributed by atoms with Crippen molar-refractivity contribution in [1.29, 1.82) is 0 Å². The number of fused-ring (bicyclic) bond motifs is 1. The molecule has 0 bridgehead atoms. The molecule has 1 N–H and O–H groups in total. The van der Waals surface area contributed by atoms with E-state index in [-0.39, 0.29) is 24.4 Å². The molecule has 4 atom stereocenters. The molecule has 3 nitrogen and oxygen atoms in total. The summed E-state index contributed by atoms with van der Waals surface area (Å²) >= 11 is 0. The summed E-state index contributed by atoms with van der Waals surface area (Å²) in [6.07, 6.45) is 0.194. The molecule has 3 heteroatoms. The second kappa shape index (κ2) is 1.79. The summed E-state index contributed by atoms with van der Waals surface area (Å²) in [6.45, 7) is 5.95. The number of hydrogen-bond donors (Lipinski definition) is 1. The van der Waals surface area contributed by atoms with Crippen LogP contribution in [0.4, 0.5) is 0 Å². The smallest absolute Gasteiger partial charge is 0.121 e. The first-order valence-corrected chi connectivity index (χ1v) is 3.99. The molecule has 2 saturated heterocycles. The third-order valence-electron chi connectivity index (χ3n) is 2.96. The highest BCUT2D eigenvalue weighted by Crippen LogP contribution is 2.54. The van der Waals surface area contributed by atoms with Gasteiger partial charge in [0.15, 0.2) is 0 Å². The molecule has 0 spiro atoms. The van der Waals surface area contributed by atoms with E-state index in [2.05, 4.69) is 0 Å². The zero-order valence-electron chi connectivity index (χ0n) is 7.13. The van der Waals surface area contributed by atoms with E-state index in [0.29, 0.717) is 0 Å². The summed E-state index contributed by atoms with van der Waals surface area (Å²) in [5.74, 6) is 0. The summed E-state index contributed by atoms with van der Waals surface area (Å²) in [7, 11) is 0. The number of epoxide rings is 1. The maximum Gasteiger partial charge on any atom is 0.121 e. The fourth-order valence-electron chi connectivity index (χ4n) is 1.96. The lowest BCUT2D eigenvalue weighted by atomic mass is 9.96. The SMILES string of the molecule is CC1OC(C)(CO)C2OC12C. The van der Waals surface area contributed by atoms with Crippen molar-refractivity contribution >= 4 is 0 Å². The summed E-state index contributed by atoms with van der Waals surface area (Å²) < 4.78 is 11.1. The van der Waals surface area contributed by atoms with Crippen LogP contribution in [0.5, 0.6) is 0 Å². The van der Waals surface area contributed by atoms with E-state index >= 15 is 0 Å².